The van der Waals surface area contributed by atoms with Crippen molar-refractivity contribution >= 4 is 16.5 Å². The minimum atomic E-state index is 0.322. The van der Waals surface area contributed by atoms with E-state index < -0.39 is 0 Å². The summed E-state index contributed by atoms with van der Waals surface area (Å²) in [5.41, 5.74) is 1.15. The van der Waals surface area contributed by atoms with Crippen molar-refractivity contribution in [3.8, 4) is 0 Å². The summed E-state index contributed by atoms with van der Waals surface area (Å²) in [5, 5.41) is 4.43. The first kappa shape index (κ1) is 14.8. The summed E-state index contributed by atoms with van der Waals surface area (Å²) in [7, 11) is 3.80. The maximum absolute atomic E-state index is 5.58. The van der Waals surface area contributed by atoms with Crippen LogP contribution < -0.4 is 10.2 Å². The molecule has 0 aliphatic carbocycles. The molecule has 0 aromatic carbocycles. The Hall–Kier alpha value is -0.650. The third-order valence-electron chi connectivity index (χ3n) is 4.11. The molecule has 0 amide bonds. The Bertz CT molecular complexity index is 421. The van der Waals surface area contributed by atoms with Crippen molar-refractivity contribution in [2.75, 3.05) is 32.1 Å². The number of anilines is 1. The van der Waals surface area contributed by atoms with E-state index in [4.69, 9.17) is 9.72 Å². The molecule has 1 aliphatic rings. The van der Waals surface area contributed by atoms with Crippen LogP contribution in [0.15, 0.2) is 0 Å². The Balaban J connectivity index is 2.14. The second kappa shape index (κ2) is 6.20. The predicted molar refractivity (Wildman–Crippen MR) is 81.1 cm³/mol. The standard InChI is InChI=1S/C14H25N3OS/c1-9-6-7-17(8-12(9)18-5)14-16-11(3)13(19-14)10(2)15-4/h9-10,12,15H,6-8H2,1-5H3. The minimum absolute atomic E-state index is 0.322. The maximum atomic E-state index is 5.58. The van der Waals surface area contributed by atoms with Crippen LogP contribution in [0.1, 0.15) is 36.9 Å². The first-order valence-corrected chi connectivity index (χ1v) is 7.80. The molecule has 0 radical (unpaired) electrons. The number of hydrogen-bond acceptors (Lipinski definition) is 5. The molecule has 1 aromatic rings. The SMILES string of the molecule is CNC(C)c1sc(N2CCC(C)C(OC)C2)nc1C. The van der Waals surface area contributed by atoms with E-state index in [1.807, 2.05) is 25.5 Å². The first-order valence-electron chi connectivity index (χ1n) is 6.99. The molecule has 19 heavy (non-hydrogen) atoms. The Morgan fingerprint density at radius 2 is 2.26 bits per heavy atom. The lowest BCUT2D eigenvalue weighted by atomic mass is 9.96. The van der Waals surface area contributed by atoms with Gasteiger partial charge in [-0.3, -0.25) is 0 Å². The van der Waals surface area contributed by atoms with Crippen LogP contribution in [0.2, 0.25) is 0 Å². The van der Waals surface area contributed by atoms with Crippen LogP contribution in [0.3, 0.4) is 0 Å². The average molecular weight is 283 g/mol. The molecule has 1 N–H and O–H groups in total. The molecule has 1 aromatic heterocycles. The zero-order valence-corrected chi connectivity index (χ0v) is 13.4. The van der Waals surface area contributed by atoms with Crippen molar-refractivity contribution in [1.82, 2.24) is 10.3 Å². The quantitative estimate of drug-likeness (QED) is 0.921. The maximum Gasteiger partial charge on any atom is 0.185 e. The summed E-state index contributed by atoms with van der Waals surface area (Å²) in [5.74, 6) is 0.637. The highest BCUT2D eigenvalue weighted by Gasteiger charge is 2.28. The number of nitrogens with one attached hydrogen (secondary N) is 1. The van der Waals surface area contributed by atoms with Gasteiger partial charge in [0.25, 0.3) is 0 Å². The van der Waals surface area contributed by atoms with Gasteiger partial charge in [0.1, 0.15) is 0 Å². The van der Waals surface area contributed by atoms with E-state index >= 15 is 0 Å². The predicted octanol–water partition coefficient (Wildman–Crippen LogP) is 2.59. The zero-order chi connectivity index (χ0) is 14.0. The topological polar surface area (TPSA) is 37.4 Å². The van der Waals surface area contributed by atoms with E-state index in [1.165, 1.54) is 11.3 Å². The molecular formula is C14H25N3OS. The van der Waals surface area contributed by atoms with E-state index in [0.717, 1.165) is 23.9 Å². The molecule has 0 spiro atoms. The van der Waals surface area contributed by atoms with Crippen LogP contribution >= 0.6 is 11.3 Å². The van der Waals surface area contributed by atoms with E-state index in [-0.39, 0.29) is 0 Å². The smallest absolute Gasteiger partial charge is 0.185 e. The number of piperidine rings is 1. The molecule has 3 unspecified atom stereocenters. The highest BCUT2D eigenvalue weighted by atomic mass is 32.1. The second-order valence-corrected chi connectivity index (χ2v) is 6.45. The van der Waals surface area contributed by atoms with Crippen LogP contribution in [-0.2, 0) is 4.74 Å². The molecule has 108 valence electrons. The minimum Gasteiger partial charge on any atom is -0.379 e. The fourth-order valence-electron chi connectivity index (χ4n) is 2.58. The molecule has 5 heteroatoms. The van der Waals surface area contributed by atoms with Gasteiger partial charge in [-0.15, -0.1) is 11.3 Å². The number of rotatable bonds is 4. The molecule has 0 saturated carbocycles. The van der Waals surface area contributed by atoms with Crippen molar-refractivity contribution in [3.63, 3.8) is 0 Å². The van der Waals surface area contributed by atoms with Gasteiger partial charge in [-0.1, -0.05) is 6.92 Å². The first-order chi connectivity index (χ1) is 9.06. The van der Waals surface area contributed by atoms with Gasteiger partial charge >= 0.3 is 0 Å². The summed E-state index contributed by atoms with van der Waals surface area (Å²) >= 11 is 1.81. The van der Waals surface area contributed by atoms with Crippen LogP contribution in [0, 0.1) is 12.8 Å². The molecule has 0 bridgehead atoms. The van der Waals surface area contributed by atoms with Gasteiger partial charge in [-0.05, 0) is 33.2 Å². The number of aromatic nitrogens is 1. The molecular weight excluding hydrogens is 258 g/mol. The average Bonchev–Trinajstić information content (AvgIpc) is 2.80. The van der Waals surface area contributed by atoms with Crippen LogP contribution in [0.5, 0.6) is 0 Å². The number of thiazole rings is 1. The largest absolute Gasteiger partial charge is 0.379 e. The lowest BCUT2D eigenvalue weighted by Crippen LogP contribution is -2.43. The Morgan fingerprint density at radius 3 is 2.89 bits per heavy atom. The molecule has 4 nitrogen and oxygen atoms in total. The fraction of sp³-hybridized carbons (Fsp3) is 0.786. The normalized spacial score (nSPS) is 25.6. The van der Waals surface area contributed by atoms with Gasteiger partial charge in [0.2, 0.25) is 0 Å². The Kier molecular flexibility index (Phi) is 4.81. The third-order valence-corrected chi connectivity index (χ3v) is 5.51. The number of methoxy groups -OCH3 is 1. The van der Waals surface area contributed by atoms with Gasteiger partial charge in [0.05, 0.1) is 11.8 Å². The van der Waals surface area contributed by atoms with E-state index in [0.29, 0.717) is 18.1 Å². The van der Waals surface area contributed by atoms with Crippen molar-refractivity contribution in [3.05, 3.63) is 10.6 Å². The summed E-state index contributed by atoms with van der Waals surface area (Å²) in [4.78, 5) is 8.46. The molecule has 3 atom stereocenters. The molecule has 2 rings (SSSR count). The van der Waals surface area contributed by atoms with Crippen molar-refractivity contribution in [2.45, 2.75) is 39.3 Å². The van der Waals surface area contributed by atoms with E-state index in [2.05, 4.69) is 31.0 Å². The van der Waals surface area contributed by atoms with Crippen molar-refractivity contribution in [2.24, 2.45) is 5.92 Å². The lowest BCUT2D eigenvalue weighted by molar-refractivity contribution is 0.0498. The Morgan fingerprint density at radius 1 is 1.53 bits per heavy atom. The summed E-state index contributed by atoms with van der Waals surface area (Å²) in [6.45, 7) is 8.59. The lowest BCUT2D eigenvalue weighted by Gasteiger charge is -2.36. The molecule has 1 fully saturated rings. The van der Waals surface area contributed by atoms with E-state index in [1.54, 1.807) is 0 Å². The van der Waals surface area contributed by atoms with Gasteiger partial charge in [-0.2, -0.15) is 0 Å². The van der Waals surface area contributed by atoms with Gasteiger partial charge in [0, 0.05) is 31.1 Å². The number of nitrogens with zero attached hydrogens (tertiary/aromatic N) is 2. The van der Waals surface area contributed by atoms with Crippen LogP contribution in [0.25, 0.3) is 0 Å². The molecule has 2 heterocycles. The third kappa shape index (κ3) is 3.09. The number of aryl methyl sites for hydroxylation is 1. The fourth-order valence-corrected chi connectivity index (χ4v) is 3.74. The molecule has 1 aliphatic heterocycles. The zero-order valence-electron chi connectivity index (χ0n) is 12.6. The highest BCUT2D eigenvalue weighted by molar-refractivity contribution is 7.15. The van der Waals surface area contributed by atoms with Gasteiger partial charge in [-0.25, -0.2) is 4.98 Å². The summed E-state index contributed by atoms with van der Waals surface area (Å²) in [6.07, 6.45) is 1.50. The van der Waals surface area contributed by atoms with Crippen LogP contribution in [-0.4, -0.2) is 38.3 Å². The number of ether oxygens (including phenoxy) is 1. The van der Waals surface area contributed by atoms with Gasteiger partial charge < -0.3 is 15.0 Å². The molecule has 1 saturated heterocycles. The number of hydrogen-bond donors (Lipinski definition) is 1. The van der Waals surface area contributed by atoms with Crippen LogP contribution in [0.4, 0.5) is 5.13 Å². The summed E-state index contributed by atoms with van der Waals surface area (Å²) in [6, 6.07) is 0.369. The van der Waals surface area contributed by atoms with E-state index in [9.17, 15) is 0 Å². The summed E-state index contributed by atoms with van der Waals surface area (Å²) < 4.78 is 5.58. The van der Waals surface area contributed by atoms with Crippen molar-refractivity contribution in [1.29, 1.82) is 0 Å². The highest BCUT2D eigenvalue weighted by Crippen LogP contribution is 2.33. The van der Waals surface area contributed by atoms with Crippen molar-refractivity contribution < 1.29 is 4.74 Å². The monoisotopic (exact) mass is 283 g/mol. The van der Waals surface area contributed by atoms with Gasteiger partial charge in [0.15, 0.2) is 5.13 Å². The Labute approximate surface area is 120 Å². The second-order valence-electron chi connectivity index (χ2n) is 5.44.